The van der Waals surface area contributed by atoms with Crippen molar-refractivity contribution in [2.24, 2.45) is 0 Å². The maximum Gasteiger partial charge on any atom is 0.0403 e. The van der Waals surface area contributed by atoms with E-state index >= 15 is 0 Å². The lowest BCUT2D eigenvalue weighted by Gasteiger charge is -2.13. The van der Waals surface area contributed by atoms with Crippen molar-refractivity contribution in [3.05, 3.63) is 54.1 Å². The molecule has 1 nitrogen and oxygen atoms in total. The van der Waals surface area contributed by atoms with E-state index in [0.717, 1.165) is 13.0 Å². The molecule has 0 saturated carbocycles. The SMILES string of the molecule is CN1CCc2c(-c3ccccc3)cccc21. The monoisotopic (exact) mass is 209 g/mol. The third-order valence-corrected chi connectivity index (χ3v) is 3.34. The zero-order valence-electron chi connectivity index (χ0n) is 9.48. The lowest BCUT2D eigenvalue weighted by Crippen LogP contribution is -2.12. The summed E-state index contributed by atoms with van der Waals surface area (Å²) >= 11 is 0. The van der Waals surface area contributed by atoms with Crippen molar-refractivity contribution in [1.29, 1.82) is 0 Å². The van der Waals surface area contributed by atoms with Crippen LogP contribution < -0.4 is 4.90 Å². The molecular formula is C15H15N. The molecule has 0 bridgehead atoms. The Hall–Kier alpha value is -1.76. The predicted molar refractivity (Wildman–Crippen MR) is 68.9 cm³/mol. The lowest BCUT2D eigenvalue weighted by molar-refractivity contribution is 0.956. The van der Waals surface area contributed by atoms with Gasteiger partial charge in [-0.1, -0.05) is 42.5 Å². The topological polar surface area (TPSA) is 3.24 Å². The van der Waals surface area contributed by atoms with Crippen LogP contribution in [0, 0.1) is 0 Å². The number of fused-ring (bicyclic) bond motifs is 1. The molecule has 1 heterocycles. The van der Waals surface area contributed by atoms with Crippen molar-refractivity contribution in [1.82, 2.24) is 0 Å². The molecule has 0 fully saturated rings. The molecule has 0 saturated heterocycles. The van der Waals surface area contributed by atoms with Crippen molar-refractivity contribution in [3.8, 4) is 11.1 Å². The van der Waals surface area contributed by atoms with Crippen molar-refractivity contribution in [2.45, 2.75) is 6.42 Å². The molecule has 2 aromatic rings. The van der Waals surface area contributed by atoms with E-state index < -0.39 is 0 Å². The molecule has 0 aliphatic carbocycles. The van der Waals surface area contributed by atoms with Crippen LogP contribution in [0.25, 0.3) is 11.1 Å². The van der Waals surface area contributed by atoms with E-state index in [1.165, 1.54) is 22.4 Å². The van der Waals surface area contributed by atoms with Crippen LogP contribution in [0.2, 0.25) is 0 Å². The Morgan fingerprint density at radius 1 is 0.938 bits per heavy atom. The third-order valence-electron chi connectivity index (χ3n) is 3.34. The highest BCUT2D eigenvalue weighted by molar-refractivity contribution is 5.76. The number of benzene rings is 2. The summed E-state index contributed by atoms with van der Waals surface area (Å²) in [4.78, 5) is 2.34. The van der Waals surface area contributed by atoms with Gasteiger partial charge < -0.3 is 4.90 Å². The molecule has 0 aromatic heterocycles. The maximum absolute atomic E-state index is 2.34. The highest BCUT2D eigenvalue weighted by Gasteiger charge is 2.18. The first-order valence-corrected chi connectivity index (χ1v) is 5.75. The number of rotatable bonds is 1. The molecule has 1 heteroatoms. The zero-order valence-corrected chi connectivity index (χ0v) is 9.48. The number of hydrogen-bond donors (Lipinski definition) is 0. The van der Waals surface area contributed by atoms with Crippen molar-refractivity contribution in [3.63, 3.8) is 0 Å². The fourth-order valence-corrected chi connectivity index (χ4v) is 2.48. The van der Waals surface area contributed by atoms with Gasteiger partial charge >= 0.3 is 0 Å². The average molecular weight is 209 g/mol. The molecule has 1 aliphatic rings. The van der Waals surface area contributed by atoms with Crippen LogP contribution in [0.1, 0.15) is 5.56 Å². The number of nitrogens with zero attached hydrogens (tertiary/aromatic N) is 1. The molecular weight excluding hydrogens is 194 g/mol. The molecule has 0 unspecified atom stereocenters. The Kier molecular flexibility index (Phi) is 2.17. The smallest absolute Gasteiger partial charge is 0.0403 e. The van der Waals surface area contributed by atoms with Crippen molar-refractivity contribution in [2.75, 3.05) is 18.5 Å². The Morgan fingerprint density at radius 2 is 1.75 bits per heavy atom. The molecule has 0 atom stereocenters. The summed E-state index contributed by atoms with van der Waals surface area (Å²) in [5, 5.41) is 0. The van der Waals surface area contributed by atoms with E-state index in [9.17, 15) is 0 Å². The normalized spacial score (nSPS) is 13.9. The van der Waals surface area contributed by atoms with Crippen molar-refractivity contribution >= 4 is 5.69 Å². The van der Waals surface area contributed by atoms with Crippen LogP contribution in [-0.2, 0) is 6.42 Å². The minimum atomic E-state index is 1.14. The van der Waals surface area contributed by atoms with Gasteiger partial charge in [0.05, 0.1) is 0 Å². The average Bonchev–Trinajstić information content (AvgIpc) is 2.73. The lowest BCUT2D eigenvalue weighted by atomic mass is 9.98. The molecule has 80 valence electrons. The first kappa shape index (κ1) is 9.46. The molecule has 1 aliphatic heterocycles. The molecule has 2 aromatic carbocycles. The molecule has 0 spiro atoms. The first-order valence-electron chi connectivity index (χ1n) is 5.75. The van der Waals surface area contributed by atoms with Gasteiger partial charge in [0, 0.05) is 19.3 Å². The summed E-state index contributed by atoms with van der Waals surface area (Å²) in [6, 6.07) is 17.3. The minimum Gasteiger partial charge on any atom is -0.374 e. The van der Waals surface area contributed by atoms with Gasteiger partial charge in [0.2, 0.25) is 0 Å². The minimum absolute atomic E-state index is 1.14. The molecule has 16 heavy (non-hydrogen) atoms. The molecule has 0 amide bonds. The Balaban J connectivity index is 2.17. The Labute approximate surface area is 96.3 Å². The molecule has 0 radical (unpaired) electrons. The Bertz CT molecular complexity index is 502. The highest BCUT2D eigenvalue weighted by Crippen LogP contribution is 2.34. The first-order chi connectivity index (χ1) is 7.86. The van der Waals surface area contributed by atoms with Gasteiger partial charge in [0.1, 0.15) is 0 Å². The van der Waals surface area contributed by atoms with E-state index in [-0.39, 0.29) is 0 Å². The zero-order chi connectivity index (χ0) is 11.0. The molecule has 0 N–H and O–H groups in total. The van der Waals surface area contributed by atoms with Gasteiger partial charge in [-0.3, -0.25) is 0 Å². The maximum atomic E-state index is 2.34. The second-order valence-corrected chi connectivity index (χ2v) is 4.34. The third kappa shape index (κ3) is 1.40. The number of anilines is 1. The van der Waals surface area contributed by atoms with Crippen LogP contribution in [0.4, 0.5) is 5.69 Å². The summed E-state index contributed by atoms with van der Waals surface area (Å²) in [7, 11) is 2.17. The van der Waals surface area contributed by atoms with Gasteiger partial charge in [0.25, 0.3) is 0 Å². The highest BCUT2D eigenvalue weighted by atomic mass is 15.1. The molecule has 3 rings (SSSR count). The fraction of sp³-hybridized carbons (Fsp3) is 0.200. The van der Waals surface area contributed by atoms with Crippen LogP contribution in [0.15, 0.2) is 48.5 Å². The van der Waals surface area contributed by atoms with Gasteiger partial charge in [0.15, 0.2) is 0 Å². The van der Waals surface area contributed by atoms with E-state index in [2.05, 4.69) is 60.5 Å². The summed E-state index contributed by atoms with van der Waals surface area (Å²) in [5.41, 5.74) is 5.61. The van der Waals surface area contributed by atoms with Gasteiger partial charge in [-0.05, 0) is 29.2 Å². The van der Waals surface area contributed by atoms with Crippen LogP contribution >= 0.6 is 0 Å². The summed E-state index contributed by atoms with van der Waals surface area (Å²) in [5.74, 6) is 0. The second kappa shape index (κ2) is 3.67. The van der Waals surface area contributed by atoms with Crippen LogP contribution in [0.5, 0.6) is 0 Å². The standard InChI is InChI=1S/C15H15N/c1-16-11-10-14-13(8-5-9-15(14)16)12-6-3-2-4-7-12/h2-9H,10-11H2,1H3. The van der Waals surface area contributed by atoms with Crippen LogP contribution in [-0.4, -0.2) is 13.6 Å². The van der Waals surface area contributed by atoms with E-state index in [1.54, 1.807) is 0 Å². The Morgan fingerprint density at radius 3 is 2.56 bits per heavy atom. The summed E-state index contributed by atoms with van der Waals surface area (Å²) in [6.07, 6.45) is 1.16. The van der Waals surface area contributed by atoms with Gasteiger partial charge in [-0.15, -0.1) is 0 Å². The van der Waals surface area contributed by atoms with E-state index in [0.29, 0.717) is 0 Å². The van der Waals surface area contributed by atoms with Crippen molar-refractivity contribution < 1.29 is 0 Å². The quantitative estimate of drug-likeness (QED) is 0.696. The summed E-state index contributed by atoms with van der Waals surface area (Å²) < 4.78 is 0. The summed E-state index contributed by atoms with van der Waals surface area (Å²) in [6.45, 7) is 1.14. The second-order valence-electron chi connectivity index (χ2n) is 4.34. The number of likely N-dealkylation sites (N-methyl/N-ethyl adjacent to an activating group) is 1. The van der Waals surface area contributed by atoms with Gasteiger partial charge in [-0.2, -0.15) is 0 Å². The predicted octanol–water partition coefficient (Wildman–Crippen LogP) is 3.35. The van der Waals surface area contributed by atoms with E-state index in [4.69, 9.17) is 0 Å². The van der Waals surface area contributed by atoms with Crippen LogP contribution in [0.3, 0.4) is 0 Å². The largest absolute Gasteiger partial charge is 0.374 e. The van der Waals surface area contributed by atoms with Gasteiger partial charge in [-0.25, -0.2) is 0 Å². The van der Waals surface area contributed by atoms with E-state index in [1.807, 2.05) is 0 Å². The fourth-order valence-electron chi connectivity index (χ4n) is 2.48. The number of hydrogen-bond acceptors (Lipinski definition) is 1.